The van der Waals surface area contributed by atoms with Crippen LogP contribution in [-0.2, 0) is 4.79 Å². The first-order valence-electron chi connectivity index (χ1n) is 12.3. The molecule has 0 saturated carbocycles. The molecule has 0 atom stereocenters. The van der Waals surface area contributed by atoms with Crippen LogP contribution in [0.25, 0.3) is 11.1 Å². The molecule has 0 radical (unpaired) electrons. The molecule has 37 heavy (non-hydrogen) atoms. The van der Waals surface area contributed by atoms with Crippen LogP contribution >= 0.6 is 17.2 Å². The Morgan fingerprint density at radius 1 is 0.541 bits per heavy atom. The molecule has 0 fully saturated rings. The summed E-state index contributed by atoms with van der Waals surface area (Å²) in [6.07, 6.45) is 0.160. The zero-order valence-electron chi connectivity index (χ0n) is 20.4. The molecule has 0 N–H and O–H groups in total. The summed E-state index contributed by atoms with van der Waals surface area (Å²) in [5, 5.41) is 2.90. The number of rotatable bonds is 9. The fourth-order valence-corrected chi connectivity index (χ4v) is 10.8. The number of carbonyl (C=O) groups is 1. The predicted octanol–water partition coefficient (Wildman–Crippen LogP) is 6.99. The van der Waals surface area contributed by atoms with Crippen molar-refractivity contribution >= 4 is 38.9 Å². The van der Waals surface area contributed by atoms with Gasteiger partial charge in [0.05, 0.1) is 0 Å². The first-order chi connectivity index (χ1) is 18.1. The van der Waals surface area contributed by atoms with Crippen molar-refractivity contribution in [2.24, 2.45) is 0 Å². The molecule has 0 aromatic heterocycles. The maximum absolute atomic E-state index is 13.7. The van der Waals surface area contributed by atoms with Crippen molar-refractivity contribution in [1.82, 2.24) is 0 Å². The van der Waals surface area contributed by atoms with Crippen molar-refractivity contribution in [3.63, 3.8) is 0 Å². The van der Waals surface area contributed by atoms with Gasteiger partial charge in [0.25, 0.3) is 0 Å². The van der Waals surface area contributed by atoms with Gasteiger partial charge in [-0.1, -0.05) is 0 Å². The fourth-order valence-electron chi connectivity index (χ4n) is 4.85. The van der Waals surface area contributed by atoms with E-state index in [0.29, 0.717) is 5.75 Å². The zero-order valence-corrected chi connectivity index (χ0v) is 22.1. The summed E-state index contributed by atoms with van der Waals surface area (Å²) >= 11 is 7.99. The number of ketones is 1. The van der Waals surface area contributed by atoms with E-state index in [1.165, 1.54) is 0 Å². The summed E-state index contributed by atoms with van der Waals surface area (Å²) in [5.74, 6) is -3.04. The van der Waals surface area contributed by atoms with Crippen molar-refractivity contribution < 1.29 is 9.53 Å². The third-order valence-corrected chi connectivity index (χ3v) is 13.9. The van der Waals surface area contributed by atoms with Gasteiger partial charge in [-0.15, -0.1) is 0 Å². The average Bonchev–Trinajstić information content (AvgIpc) is 2.98. The molecule has 5 aromatic rings. The Morgan fingerprint density at radius 2 is 0.919 bits per heavy atom. The van der Waals surface area contributed by atoms with Crippen LogP contribution in [0.4, 0.5) is 0 Å². The summed E-state index contributed by atoms with van der Waals surface area (Å²) < 4.78 is 5.97. The number of hydrogen-bond donors (Lipinski definition) is 0. The van der Waals surface area contributed by atoms with Crippen LogP contribution in [0.15, 0.2) is 146 Å². The van der Waals surface area contributed by atoms with Gasteiger partial charge in [-0.3, -0.25) is 0 Å². The van der Waals surface area contributed by atoms with Crippen LogP contribution < -0.4 is 20.7 Å². The minimum absolute atomic E-state index is 0.0450. The molecule has 0 bridgehead atoms. The third kappa shape index (κ3) is 4.96. The minimum atomic E-state index is -3.65. The molecule has 0 heterocycles. The second-order valence-corrected chi connectivity index (χ2v) is 15.5. The van der Waals surface area contributed by atoms with Gasteiger partial charge in [-0.2, -0.15) is 0 Å². The van der Waals surface area contributed by atoms with Gasteiger partial charge in [-0.25, -0.2) is 0 Å². The van der Waals surface area contributed by atoms with E-state index in [9.17, 15) is 4.79 Å². The molecular weight excluding hydrogens is 495 g/mol. The van der Waals surface area contributed by atoms with Crippen LogP contribution in [0, 0.1) is 0 Å². The van der Waals surface area contributed by atoms with Crippen molar-refractivity contribution in [1.29, 1.82) is 0 Å². The Bertz CT molecular complexity index is 1360. The van der Waals surface area contributed by atoms with Gasteiger partial charge in [0.15, 0.2) is 0 Å². The quantitative estimate of drug-likeness (QED) is 0.195. The van der Waals surface area contributed by atoms with Crippen molar-refractivity contribution in [2.75, 3.05) is 12.8 Å². The molecule has 0 spiro atoms. The van der Waals surface area contributed by atoms with Crippen LogP contribution in [0.1, 0.15) is 0 Å². The van der Waals surface area contributed by atoms with Gasteiger partial charge >= 0.3 is 224 Å². The van der Waals surface area contributed by atoms with Crippen LogP contribution in [0.3, 0.4) is 0 Å². The Hall–Kier alpha value is -3.71. The first kappa shape index (κ1) is 25.0. The van der Waals surface area contributed by atoms with Crippen molar-refractivity contribution in [2.45, 2.75) is 0 Å². The van der Waals surface area contributed by atoms with E-state index in [4.69, 9.17) is 16.0 Å². The van der Waals surface area contributed by atoms with Gasteiger partial charge in [0, 0.05) is 0 Å². The molecule has 2 nitrogen and oxygen atoms in total. The topological polar surface area (TPSA) is 26.3 Å². The van der Waals surface area contributed by atoms with Gasteiger partial charge < -0.3 is 0 Å². The number of hydrogen-bond acceptors (Lipinski definition) is 2. The van der Waals surface area contributed by atoms with Gasteiger partial charge in [0.2, 0.25) is 0 Å². The number of halogens is 1. The number of carbonyl (C=O) groups excluding carboxylic acids is 1. The summed E-state index contributed by atoms with van der Waals surface area (Å²) in [6.45, 7) is -0.0538. The molecule has 0 aliphatic heterocycles. The molecule has 4 heteroatoms. The molecule has 0 unspecified atom stereocenters. The molecule has 184 valence electrons. The van der Waals surface area contributed by atoms with E-state index in [1.54, 1.807) is 0 Å². The maximum atomic E-state index is 13.7. The van der Waals surface area contributed by atoms with E-state index in [2.05, 4.69) is 12.1 Å². The monoisotopic (exact) mass is 522 g/mol. The predicted molar refractivity (Wildman–Crippen MR) is 158 cm³/mol. The van der Waals surface area contributed by atoms with Crippen molar-refractivity contribution in [3.05, 3.63) is 146 Å². The summed E-state index contributed by atoms with van der Waals surface area (Å²) in [4.78, 5) is 13.7. The summed E-state index contributed by atoms with van der Waals surface area (Å²) in [5.41, 5.74) is 2.24. The molecule has 0 saturated heterocycles. The Morgan fingerprint density at radius 3 is 1.35 bits per heavy atom. The standard InChI is InChI=1S/C33H28ClO2P/c34-37(31-15-7-2-8-16-31,32-17-9-3-10-18-32,33-19-11-4-12-20-33)26-29(35)25-36-30-23-21-28(22-24-30)27-13-5-1-6-14-27/h1-24H,25-26H2. The first-order valence-corrected chi connectivity index (χ1v) is 15.6. The van der Waals surface area contributed by atoms with E-state index < -0.39 is 5.96 Å². The van der Waals surface area contributed by atoms with E-state index in [-0.39, 0.29) is 18.6 Å². The average molecular weight is 523 g/mol. The zero-order chi connectivity index (χ0) is 25.6. The Kier molecular flexibility index (Phi) is 7.24. The molecule has 5 aromatic carbocycles. The van der Waals surface area contributed by atoms with Gasteiger partial charge in [-0.05, 0) is 0 Å². The molecule has 5 rings (SSSR count). The number of benzene rings is 5. The fraction of sp³-hybridized carbons (Fsp3) is 0.0606. The Balaban J connectivity index is 1.47. The molecular formula is C33H28ClO2P. The normalized spacial score (nSPS) is 12.3. The van der Waals surface area contributed by atoms with E-state index >= 15 is 0 Å². The van der Waals surface area contributed by atoms with E-state index in [0.717, 1.165) is 27.0 Å². The Labute approximate surface area is 223 Å². The third-order valence-electron chi connectivity index (χ3n) is 6.72. The van der Waals surface area contributed by atoms with Crippen LogP contribution in [-0.4, -0.2) is 18.6 Å². The second kappa shape index (κ2) is 10.7. The SMILES string of the molecule is O=C(COc1ccc(-c2ccccc2)cc1)CP(Cl)(c1ccccc1)(c1ccccc1)c1ccccc1. The number of ether oxygens (including phenoxy) is 1. The summed E-state index contributed by atoms with van der Waals surface area (Å²) in [6, 6.07) is 48.1. The molecule has 0 aliphatic carbocycles. The summed E-state index contributed by atoms with van der Waals surface area (Å²) in [7, 11) is 0. The second-order valence-electron chi connectivity index (χ2n) is 9.07. The molecule has 0 aliphatic rings. The molecule has 0 amide bonds. The van der Waals surface area contributed by atoms with Crippen LogP contribution in [0.5, 0.6) is 5.75 Å². The van der Waals surface area contributed by atoms with Crippen LogP contribution in [0.2, 0.25) is 0 Å². The van der Waals surface area contributed by atoms with Crippen molar-refractivity contribution in [3.8, 4) is 16.9 Å². The van der Waals surface area contributed by atoms with E-state index in [1.807, 2.05) is 133 Å². The number of Topliss-reactive ketones (excluding diaryl/α,β-unsaturated/α-hetero) is 1. The van der Waals surface area contributed by atoms with Gasteiger partial charge in [0.1, 0.15) is 0 Å².